The molecule has 0 unspecified atom stereocenters. The first kappa shape index (κ1) is 19.9. The number of hydrogen-bond donors (Lipinski definition) is 1. The maximum atomic E-state index is 13.8. The molecule has 140 valence electrons. The molecule has 0 atom stereocenters. The Morgan fingerprint density at radius 2 is 2.00 bits per heavy atom. The summed E-state index contributed by atoms with van der Waals surface area (Å²) in [6.45, 7) is 6.18. The van der Waals surface area contributed by atoms with Crippen LogP contribution in [-0.2, 0) is 17.8 Å². The summed E-state index contributed by atoms with van der Waals surface area (Å²) in [5.41, 5.74) is 3.30. The second kappa shape index (κ2) is 9.92. The molecule has 1 N–H and O–H groups in total. The molecule has 0 aliphatic carbocycles. The minimum atomic E-state index is -0.385. The molecule has 0 radical (unpaired) electrons. The highest BCUT2D eigenvalue weighted by atomic mass is 19.1. The van der Waals surface area contributed by atoms with E-state index >= 15 is 0 Å². The van der Waals surface area contributed by atoms with E-state index < -0.39 is 0 Å². The number of benzene rings is 2. The third kappa shape index (κ3) is 5.85. The van der Waals surface area contributed by atoms with Gasteiger partial charge in [0.05, 0.1) is 13.7 Å². The number of likely N-dealkylation sites (N-methyl/N-ethyl adjacent to an activating group) is 1. The maximum Gasteiger partial charge on any atom is 0.234 e. The second-order valence-corrected chi connectivity index (χ2v) is 6.30. The molecule has 2 aromatic carbocycles. The van der Waals surface area contributed by atoms with E-state index in [0.29, 0.717) is 19.6 Å². The predicted molar refractivity (Wildman–Crippen MR) is 102 cm³/mol. The number of ether oxygens (including phenoxy) is 1. The lowest BCUT2D eigenvalue weighted by atomic mass is 10.1. The van der Waals surface area contributed by atoms with Gasteiger partial charge in [0.15, 0.2) is 11.6 Å². The fourth-order valence-electron chi connectivity index (χ4n) is 2.83. The van der Waals surface area contributed by atoms with Crippen molar-refractivity contribution < 1.29 is 13.9 Å². The van der Waals surface area contributed by atoms with Gasteiger partial charge < -0.3 is 10.1 Å². The Morgan fingerprint density at radius 1 is 1.23 bits per heavy atom. The summed E-state index contributed by atoms with van der Waals surface area (Å²) in [4.78, 5) is 14.2. The molecule has 0 bridgehead atoms. The number of carbonyl (C=O) groups excluding carboxylic acids is 1. The molecule has 1 amide bonds. The number of halogens is 1. The normalized spacial score (nSPS) is 10.8. The number of carbonyl (C=O) groups is 1. The molecule has 0 heterocycles. The molecule has 5 heteroatoms. The predicted octanol–water partition coefficient (Wildman–Crippen LogP) is 3.32. The molecule has 0 aliphatic heterocycles. The van der Waals surface area contributed by atoms with Crippen molar-refractivity contribution in [3.63, 3.8) is 0 Å². The van der Waals surface area contributed by atoms with Gasteiger partial charge in [-0.2, -0.15) is 0 Å². The van der Waals surface area contributed by atoms with E-state index in [0.717, 1.165) is 12.0 Å². The van der Waals surface area contributed by atoms with Gasteiger partial charge in [0.2, 0.25) is 5.91 Å². The third-order valence-corrected chi connectivity index (χ3v) is 4.41. The Labute approximate surface area is 155 Å². The van der Waals surface area contributed by atoms with Crippen LogP contribution in [0.2, 0.25) is 0 Å². The molecular formula is C21H27FN2O2. The molecule has 26 heavy (non-hydrogen) atoms. The quantitative estimate of drug-likeness (QED) is 0.748. The summed E-state index contributed by atoms with van der Waals surface area (Å²) < 4.78 is 18.7. The van der Waals surface area contributed by atoms with Gasteiger partial charge in [-0.1, -0.05) is 37.3 Å². The van der Waals surface area contributed by atoms with Crippen LogP contribution in [0.1, 0.15) is 23.6 Å². The van der Waals surface area contributed by atoms with Crippen molar-refractivity contribution in [2.24, 2.45) is 0 Å². The summed E-state index contributed by atoms with van der Waals surface area (Å²) >= 11 is 0. The molecule has 2 aromatic rings. The number of amides is 1. The van der Waals surface area contributed by atoms with E-state index in [1.165, 1.54) is 24.3 Å². The number of nitrogens with zero attached hydrogens (tertiary/aromatic N) is 1. The van der Waals surface area contributed by atoms with E-state index in [9.17, 15) is 9.18 Å². The van der Waals surface area contributed by atoms with Gasteiger partial charge >= 0.3 is 0 Å². The lowest BCUT2D eigenvalue weighted by Crippen LogP contribution is -2.37. The standard InChI is InChI=1S/C21H27FN2O2/c1-4-24(14-17-9-10-20(26-3)19(22)13-17)15-21(25)23-12-11-18-8-6-5-7-16(18)2/h5-10,13H,4,11-12,14-15H2,1-3H3,(H,23,25). The monoisotopic (exact) mass is 358 g/mol. The van der Waals surface area contributed by atoms with Crippen molar-refractivity contribution in [3.05, 3.63) is 65.0 Å². The topological polar surface area (TPSA) is 41.6 Å². The first-order valence-corrected chi connectivity index (χ1v) is 8.89. The molecule has 4 nitrogen and oxygen atoms in total. The number of aryl methyl sites for hydroxylation is 1. The van der Waals surface area contributed by atoms with Crippen molar-refractivity contribution >= 4 is 5.91 Å². The summed E-state index contributed by atoms with van der Waals surface area (Å²) in [6.07, 6.45) is 0.814. The van der Waals surface area contributed by atoms with E-state index in [1.54, 1.807) is 6.07 Å². The van der Waals surface area contributed by atoms with Crippen LogP contribution >= 0.6 is 0 Å². The highest BCUT2D eigenvalue weighted by Gasteiger charge is 2.11. The summed E-state index contributed by atoms with van der Waals surface area (Å²) in [7, 11) is 1.44. The van der Waals surface area contributed by atoms with Crippen LogP contribution in [0.25, 0.3) is 0 Å². The third-order valence-electron chi connectivity index (χ3n) is 4.41. The van der Waals surface area contributed by atoms with Gasteiger partial charge in [-0.05, 0) is 48.7 Å². The van der Waals surface area contributed by atoms with Gasteiger partial charge in [-0.3, -0.25) is 9.69 Å². The van der Waals surface area contributed by atoms with Crippen molar-refractivity contribution in [2.45, 2.75) is 26.8 Å². The fourth-order valence-corrected chi connectivity index (χ4v) is 2.83. The number of rotatable bonds is 9. The largest absolute Gasteiger partial charge is 0.494 e. The first-order valence-electron chi connectivity index (χ1n) is 8.89. The molecule has 0 fully saturated rings. The average Bonchev–Trinajstić information content (AvgIpc) is 2.63. The Morgan fingerprint density at radius 3 is 2.65 bits per heavy atom. The van der Waals surface area contributed by atoms with Crippen molar-refractivity contribution in [1.29, 1.82) is 0 Å². The van der Waals surface area contributed by atoms with Gasteiger partial charge in [0.1, 0.15) is 0 Å². The number of methoxy groups -OCH3 is 1. The van der Waals surface area contributed by atoms with Gasteiger partial charge in [-0.25, -0.2) is 4.39 Å². The lowest BCUT2D eigenvalue weighted by Gasteiger charge is -2.20. The zero-order valence-electron chi connectivity index (χ0n) is 15.7. The van der Waals surface area contributed by atoms with Gasteiger partial charge in [-0.15, -0.1) is 0 Å². The fraction of sp³-hybridized carbons (Fsp3) is 0.381. The summed E-state index contributed by atoms with van der Waals surface area (Å²) in [5, 5.41) is 2.96. The average molecular weight is 358 g/mol. The summed E-state index contributed by atoms with van der Waals surface area (Å²) in [6, 6.07) is 13.1. The van der Waals surface area contributed by atoms with Crippen molar-refractivity contribution in [2.75, 3.05) is 26.7 Å². The minimum Gasteiger partial charge on any atom is -0.494 e. The Hall–Kier alpha value is -2.40. The molecule has 0 saturated carbocycles. The van der Waals surface area contributed by atoms with E-state index in [4.69, 9.17) is 4.74 Å². The number of hydrogen-bond acceptors (Lipinski definition) is 3. The lowest BCUT2D eigenvalue weighted by molar-refractivity contribution is -0.122. The van der Waals surface area contributed by atoms with Crippen molar-refractivity contribution in [1.82, 2.24) is 10.2 Å². The van der Waals surface area contributed by atoms with Crippen LogP contribution in [0.15, 0.2) is 42.5 Å². The molecule has 0 saturated heterocycles. The van der Waals surface area contributed by atoms with Crippen LogP contribution in [0.5, 0.6) is 5.75 Å². The first-order chi connectivity index (χ1) is 12.5. The van der Waals surface area contributed by atoms with E-state index in [-0.39, 0.29) is 24.0 Å². The number of nitrogens with one attached hydrogen (secondary N) is 1. The SMILES string of the molecule is CCN(CC(=O)NCCc1ccccc1C)Cc1ccc(OC)c(F)c1. The zero-order valence-corrected chi connectivity index (χ0v) is 15.7. The molecule has 0 aliphatic rings. The highest BCUT2D eigenvalue weighted by molar-refractivity contribution is 5.78. The maximum absolute atomic E-state index is 13.8. The molecular weight excluding hydrogens is 331 g/mol. The highest BCUT2D eigenvalue weighted by Crippen LogP contribution is 2.18. The Kier molecular flexibility index (Phi) is 7.60. The molecule has 2 rings (SSSR count). The molecule has 0 spiro atoms. The van der Waals surface area contributed by atoms with Crippen LogP contribution in [0.4, 0.5) is 4.39 Å². The zero-order chi connectivity index (χ0) is 18.9. The van der Waals surface area contributed by atoms with Crippen LogP contribution in [0, 0.1) is 12.7 Å². The smallest absolute Gasteiger partial charge is 0.234 e. The second-order valence-electron chi connectivity index (χ2n) is 6.30. The van der Waals surface area contributed by atoms with E-state index in [2.05, 4.69) is 24.4 Å². The summed E-state index contributed by atoms with van der Waals surface area (Å²) in [5.74, 6) is -0.177. The Bertz CT molecular complexity index is 734. The van der Waals surface area contributed by atoms with Crippen LogP contribution < -0.4 is 10.1 Å². The van der Waals surface area contributed by atoms with Gasteiger partial charge in [0, 0.05) is 13.1 Å². The van der Waals surface area contributed by atoms with Crippen LogP contribution in [0.3, 0.4) is 0 Å². The van der Waals surface area contributed by atoms with Gasteiger partial charge in [0.25, 0.3) is 0 Å². The molecule has 0 aromatic heterocycles. The van der Waals surface area contributed by atoms with Crippen molar-refractivity contribution in [3.8, 4) is 5.75 Å². The van der Waals surface area contributed by atoms with Crippen LogP contribution in [-0.4, -0.2) is 37.6 Å². The van der Waals surface area contributed by atoms with E-state index in [1.807, 2.05) is 30.0 Å². The minimum absolute atomic E-state index is 0.0191. The Balaban J connectivity index is 1.82.